The fraction of sp³-hybridized carbons (Fsp3) is 0.500. The lowest BCUT2D eigenvalue weighted by Crippen LogP contribution is -2.53. The van der Waals surface area contributed by atoms with Gasteiger partial charge in [0, 0.05) is 11.0 Å². The summed E-state index contributed by atoms with van der Waals surface area (Å²) in [7, 11) is 0. The van der Waals surface area contributed by atoms with Crippen LogP contribution in [0.3, 0.4) is 0 Å². The number of nitrogens with one attached hydrogen (secondary N) is 1. The average Bonchev–Trinajstić information content (AvgIpc) is 2.36. The first-order valence-corrected chi connectivity index (χ1v) is 7.10. The SMILES string of the molecule is CCC(CC)(CN)NC(=O)Cc1cccc(Br)c1. The maximum atomic E-state index is 12.0. The molecule has 18 heavy (non-hydrogen) atoms. The Balaban J connectivity index is 2.66. The number of hydrogen-bond donors (Lipinski definition) is 2. The van der Waals surface area contributed by atoms with E-state index >= 15 is 0 Å². The van der Waals surface area contributed by atoms with Crippen molar-refractivity contribution in [1.29, 1.82) is 0 Å². The Bertz CT molecular complexity index is 394. The molecule has 0 fully saturated rings. The number of benzene rings is 1. The van der Waals surface area contributed by atoms with Gasteiger partial charge in [-0.15, -0.1) is 0 Å². The molecule has 3 nitrogen and oxygen atoms in total. The van der Waals surface area contributed by atoms with Crippen molar-refractivity contribution in [3.05, 3.63) is 34.3 Å². The molecule has 1 amide bonds. The van der Waals surface area contributed by atoms with Crippen molar-refractivity contribution in [2.75, 3.05) is 6.54 Å². The van der Waals surface area contributed by atoms with Gasteiger partial charge in [0.15, 0.2) is 0 Å². The molecule has 1 aromatic carbocycles. The van der Waals surface area contributed by atoms with Gasteiger partial charge >= 0.3 is 0 Å². The maximum Gasteiger partial charge on any atom is 0.224 e. The van der Waals surface area contributed by atoms with Crippen LogP contribution in [0.15, 0.2) is 28.7 Å². The van der Waals surface area contributed by atoms with Crippen LogP contribution < -0.4 is 11.1 Å². The lowest BCUT2D eigenvalue weighted by molar-refractivity contribution is -0.122. The lowest BCUT2D eigenvalue weighted by Gasteiger charge is -2.31. The standard InChI is InChI=1S/C14H21BrN2O/c1-3-14(4-2,10-16)17-13(18)9-11-6-5-7-12(15)8-11/h5-8H,3-4,9-10,16H2,1-2H3,(H,17,18). The van der Waals surface area contributed by atoms with Crippen LogP contribution >= 0.6 is 15.9 Å². The number of hydrogen-bond acceptors (Lipinski definition) is 2. The Labute approximate surface area is 117 Å². The summed E-state index contributed by atoms with van der Waals surface area (Å²) in [6.07, 6.45) is 2.09. The molecule has 0 aliphatic carbocycles. The van der Waals surface area contributed by atoms with E-state index < -0.39 is 0 Å². The first-order valence-electron chi connectivity index (χ1n) is 6.30. The average molecular weight is 313 g/mol. The van der Waals surface area contributed by atoms with E-state index in [2.05, 4.69) is 35.1 Å². The van der Waals surface area contributed by atoms with E-state index in [4.69, 9.17) is 5.73 Å². The number of carbonyl (C=O) groups is 1. The molecular formula is C14H21BrN2O. The molecule has 0 heterocycles. The van der Waals surface area contributed by atoms with Crippen LogP contribution in [-0.2, 0) is 11.2 Å². The second kappa shape index (κ2) is 6.90. The Morgan fingerprint density at radius 2 is 2.06 bits per heavy atom. The molecule has 3 N–H and O–H groups in total. The van der Waals surface area contributed by atoms with Gasteiger partial charge in [0.2, 0.25) is 5.91 Å². The zero-order valence-corrected chi connectivity index (χ0v) is 12.6. The van der Waals surface area contributed by atoms with Crippen LogP contribution in [0.2, 0.25) is 0 Å². The quantitative estimate of drug-likeness (QED) is 0.848. The van der Waals surface area contributed by atoms with Crippen molar-refractivity contribution in [3.8, 4) is 0 Å². The molecular weight excluding hydrogens is 292 g/mol. The van der Waals surface area contributed by atoms with Crippen molar-refractivity contribution in [3.63, 3.8) is 0 Å². The van der Waals surface area contributed by atoms with Crippen molar-refractivity contribution < 1.29 is 4.79 Å². The van der Waals surface area contributed by atoms with Gasteiger partial charge in [-0.1, -0.05) is 41.9 Å². The zero-order valence-electron chi connectivity index (χ0n) is 11.0. The summed E-state index contributed by atoms with van der Waals surface area (Å²) in [6, 6.07) is 7.79. The monoisotopic (exact) mass is 312 g/mol. The maximum absolute atomic E-state index is 12.0. The molecule has 0 saturated carbocycles. The molecule has 0 atom stereocenters. The van der Waals surface area contributed by atoms with Gasteiger partial charge in [0.25, 0.3) is 0 Å². The largest absolute Gasteiger partial charge is 0.349 e. The highest BCUT2D eigenvalue weighted by atomic mass is 79.9. The fourth-order valence-corrected chi connectivity index (χ4v) is 2.39. The molecule has 100 valence electrons. The third-order valence-electron chi connectivity index (χ3n) is 3.40. The number of nitrogens with two attached hydrogens (primary N) is 1. The topological polar surface area (TPSA) is 55.1 Å². The van der Waals surface area contributed by atoms with Crippen LogP contribution in [0.25, 0.3) is 0 Å². The predicted molar refractivity (Wildman–Crippen MR) is 78.4 cm³/mol. The molecule has 0 radical (unpaired) electrons. The summed E-state index contributed by atoms with van der Waals surface area (Å²) in [5, 5.41) is 3.07. The molecule has 4 heteroatoms. The zero-order chi connectivity index (χ0) is 13.6. The second-order valence-electron chi connectivity index (χ2n) is 4.55. The van der Waals surface area contributed by atoms with Crippen molar-refractivity contribution >= 4 is 21.8 Å². The first kappa shape index (κ1) is 15.2. The normalized spacial score (nSPS) is 11.3. The molecule has 0 unspecified atom stereocenters. The van der Waals surface area contributed by atoms with Gasteiger partial charge in [0.1, 0.15) is 0 Å². The highest BCUT2D eigenvalue weighted by Gasteiger charge is 2.26. The van der Waals surface area contributed by atoms with Crippen LogP contribution in [-0.4, -0.2) is 18.0 Å². The molecule has 0 aliphatic rings. The second-order valence-corrected chi connectivity index (χ2v) is 5.46. The van der Waals surface area contributed by atoms with Crippen molar-refractivity contribution in [2.45, 2.75) is 38.6 Å². The van der Waals surface area contributed by atoms with Crippen LogP contribution in [0.1, 0.15) is 32.3 Å². The molecule has 0 saturated heterocycles. The number of carbonyl (C=O) groups excluding carboxylic acids is 1. The third-order valence-corrected chi connectivity index (χ3v) is 3.90. The van der Waals surface area contributed by atoms with E-state index in [1.165, 1.54) is 0 Å². The summed E-state index contributed by atoms with van der Waals surface area (Å²) < 4.78 is 0.990. The van der Waals surface area contributed by atoms with Gasteiger partial charge in [-0.05, 0) is 30.5 Å². The summed E-state index contributed by atoms with van der Waals surface area (Å²) in [4.78, 5) is 12.0. The van der Waals surface area contributed by atoms with Crippen LogP contribution in [0.5, 0.6) is 0 Å². The molecule has 0 aromatic heterocycles. The van der Waals surface area contributed by atoms with E-state index in [9.17, 15) is 4.79 Å². The minimum absolute atomic E-state index is 0.0299. The van der Waals surface area contributed by atoms with Crippen molar-refractivity contribution in [2.24, 2.45) is 5.73 Å². The Kier molecular flexibility index (Phi) is 5.82. The smallest absolute Gasteiger partial charge is 0.224 e. The molecule has 0 spiro atoms. The lowest BCUT2D eigenvalue weighted by atomic mass is 9.92. The Morgan fingerprint density at radius 1 is 1.39 bits per heavy atom. The Hall–Kier alpha value is -0.870. The summed E-state index contributed by atoms with van der Waals surface area (Å²) >= 11 is 3.40. The van der Waals surface area contributed by atoms with Crippen molar-refractivity contribution in [1.82, 2.24) is 5.32 Å². The van der Waals surface area contributed by atoms with Gasteiger partial charge in [-0.25, -0.2) is 0 Å². The van der Waals surface area contributed by atoms with Gasteiger partial charge in [-0.2, -0.15) is 0 Å². The van der Waals surface area contributed by atoms with E-state index in [0.29, 0.717) is 13.0 Å². The minimum Gasteiger partial charge on any atom is -0.349 e. The number of rotatable bonds is 6. The highest BCUT2D eigenvalue weighted by molar-refractivity contribution is 9.10. The molecule has 0 bridgehead atoms. The van der Waals surface area contributed by atoms with Gasteiger partial charge < -0.3 is 11.1 Å². The van der Waals surface area contributed by atoms with E-state index in [1.54, 1.807) is 0 Å². The minimum atomic E-state index is -0.261. The van der Waals surface area contributed by atoms with Crippen LogP contribution in [0.4, 0.5) is 0 Å². The number of amides is 1. The summed E-state index contributed by atoms with van der Waals surface area (Å²) in [6.45, 7) is 4.58. The molecule has 1 rings (SSSR count). The molecule has 1 aromatic rings. The Morgan fingerprint density at radius 3 is 2.56 bits per heavy atom. The van der Waals surface area contributed by atoms with Crippen LogP contribution in [0, 0.1) is 0 Å². The molecule has 0 aliphatic heterocycles. The number of halogens is 1. The van der Waals surface area contributed by atoms with E-state index in [1.807, 2.05) is 24.3 Å². The van der Waals surface area contributed by atoms with Gasteiger partial charge in [-0.3, -0.25) is 4.79 Å². The van der Waals surface area contributed by atoms with Gasteiger partial charge in [0.05, 0.1) is 12.0 Å². The fourth-order valence-electron chi connectivity index (χ4n) is 1.94. The van der Waals surface area contributed by atoms with E-state index in [-0.39, 0.29) is 11.4 Å². The highest BCUT2D eigenvalue weighted by Crippen LogP contribution is 2.15. The summed E-state index contributed by atoms with van der Waals surface area (Å²) in [5.41, 5.74) is 6.51. The van der Waals surface area contributed by atoms with E-state index in [0.717, 1.165) is 22.9 Å². The predicted octanol–water partition coefficient (Wildman–Crippen LogP) is 2.63. The third kappa shape index (κ3) is 4.10. The summed E-state index contributed by atoms with van der Waals surface area (Å²) in [5.74, 6) is 0.0299. The first-order chi connectivity index (χ1) is 8.55.